The van der Waals surface area contributed by atoms with Gasteiger partial charge in [0, 0.05) is 25.0 Å². The first kappa shape index (κ1) is 20.1. The third-order valence-electron chi connectivity index (χ3n) is 4.53. The molecule has 0 unspecified atom stereocenters. The van der Waals surface area contributed by atoms with E-state index in [4.69, 9.17) is 16.3 Å². The number of carbonyl (C=O) groups is 1. The molecule has 1 fully saturated rings. The van der Waals surface area contributed by atoms with E-state index in [0.29, 0.717) is 18.9 Å². The fraction of sp³-hybridized carbons (Fsp3) is 0.263. The summed E-state index contributed by atoms with van der Waals surface area (Å²) in [4.78, 5) is 19.6. The van der Waals surface area contributed by atoms with Crippen LogP contribution in [0.3, 0.4) is 0 Å². The number of hydrogen-bond donors (Lipinski definition) is 1. The maximum Gasteiger partial charge on any atom is 0.257 e. The number of carbonyl (C=O) groups excluding carboxylic acids is 1. The van der Waals surface area contributed by atoms with E-state index in [-0.39, 0.29) is 15.5 Å². The second-order valence-corrected chi connectivity index (χ2v) is 10.1. The highest BCUT2D eigenvalue weighted by atomic mass is 35.5. The lowest BCUT2D eigenvalue weighted by Crippen LogP contribution is -2.36. The number of rotatable bonds is 4. The molecule has 152 valence electrons. The zero-order chi connectivity index (χ0) is 20.6. The zero-order valence-electron chi connectivity index (χ0n) is 15.5. The Hall–Kier alpha value is -2.20. The molecule has 4 rings (SSSR count). The molecule has 1 saturated heterocycles. The molecule has 1 aromatic heterocycles. The first-order chi connectivity index (χ1) is 13.8. The van der Waals surface area contributed by atoms with Crippen molar-refractivity contribution in [2.24, 2.45) is 0 Å². The number of benzene rings is 2. The van der Waals surface area contributed by atoms with Crippen molar-refractivity contribution in [3.05, 3.63) is 47.0 Å². The Morgan fingerprint density at radius 1 is 1.21 bits per heavy atom. The molecular weight excluding hydrogens is 434 g/mol. The number of sulfone groups is 1. The van der Waals surface area contributed by atoms with Gasteiger partial charge in [0.25, 0.3) is 5.91 Å². The Morgan fingerprint density at radius 3 is 2.69 bits per heavy atom. The van der Waals surface area contributed by atoms with Crippen molar-refractivity contribution in [2.45, 2.75) is 4.90 Å². The number of aromatic nitrogens is 1. The number of halogens is 1. The highest BCUT2D eigenvalue weighted by molar-refractivity contribution is 7.90. The van der Waals surface area contributed by atoms with Crippen LogP contribution in [0.5, 0.6) is 0 Å². The predicted octanol–water partition coefficient (Wildman–Crippen LogP) is 3.44. The number of amides is 1. The van der Waals surface area contributed by atoms with Crippen LogP contribution in [0, 0.1) is 0 Å². The molecule has 1 aliphatic heterocycles. The summed E-state index contributed by atoms with van der Waals surface area (Å²) in [6.07, 6.45) is 1.09. The molecular formula is C19H18ClN3O4S2. The van der Waals surface area contributed by atoms with E-state index in [9.17, 15) is 13.2 Å². The molecule has 1 aliphatic rings. The summed E-state index contributed by atoms with van der Waals surface area (Å²) >= 11 is 7.66. The van der Waals surface area contributed by atoms with Gasteiger partial charge in [-0.1, -0.05) is 22.9 Å². The monoisotopic (exact) mass is 451 g/mol. The molecule has 0 bridgehead atoms. The topological polar surface area (TPSA) is 88.6 Å². The number of nitrogens with one attached hydrogen (secondary N) is 1. The first-order valence-electron chi connectivity index (χ1n) is 8.85. The van der Waals surface area contributed by atoms with Crippen LogP contribution in [0.25, 0.3) is 10.2 Å². The van der Waals surface area contributed by atoms with Gasteiger partial charge in [-0.15, -0.1) is 0 Å². The summed E-state index contributed by atoms with van der Waals surface area (Å²) in [5.74, 6) is -0.474. The number of nitrogens with zero attached hydrogens (tertiary/aromatic N) is 2. The van der Waals surface area contributed by atoms with Crippen LogP contribution in [0.1, 0.15) is 10.4 Å². The van der Waals surface area contributed by atoms with Gasteiger partial charge >= 0.3 is 0 Å². The Kier molecular flexibility index (Phi) is 5.48. The van der Waals surface area contributed by atoms with Gasteiger partial charge in [-0.05, 0) is 36.4 Å². The second kappa shape index (κ2) is 7.91. The zero-order valence-corrected chi connectivity index (χ0v) is 17.9. The third-order valence-corrected chi connectivity index (χ3v) is 7.05. The minimum absolute atomic E-state index is 0.0418. The van der Waals surface area contributed by atoms with Gasteiger partial charge < -0.3 is 15.0 Å². The minimum atomic E-state index is -3.44. The van der Waals surface area contributed by atoms with Crippen LogP contribution in [0.4, 0.5) is 10.8 Å². The maximum absolute atomic E-state index is 12.7. The molecule has 1 N–H and O–H groups in total. The molecule has 3 aromatic rings. The summed E-state index contributed by atoms with van der Waals surface area (Å²) < 4.78 is 29.9. The lowest BCUT2D eigenvalue weighted by atomic mass is 10.2. The normalized spacial score (nSPS) is 14.9. The van der Waals surface area contributed by atoms with Crippen molar-refractivity contribution in [1.29, 1.82) is 0 Å². The van der Waals surface area contributed by atoms with E-state index in [2.05, 4.69) is 15.2 Å². The van der Waals surface area contributed by atoms with Gasteiger partial charge in [0.05, 0.1) is 38.9 Å². The molecule has 0 saturated carbocycles. The van der Waals surface area contributed by atoms with Gasteiger partial charge in [-0.3, -0.25) is 4.79 Å². The standard InChI is InChI=1S/C19H18ClN3O4S2/c1-29(25,26)13-3-4-15(20)14(11-13)18(24)21-12-2-5-16-17(10-12)28-19(22-16)23-6-8-27-9-7-23/h2-5,10-11H,6-9H2,1H3,(H,21,24). The Morgan fingerprint density at radius 2 is 1.97 bits per heavy atom. The average molecular weight is 452 g/mol. The molecule has 0 aliphatic carbocycles. The van der Waals surface area contributed by atoms with Gasteiger partial charge in [-0.25, -0.2) is 13.4 Å². The summed E-state index contributed by atoms with van der Waals surface area (Å²) in [6.45, 7) is 2.98. The molecule has 1 amide bonds. The van der Waals surface area contributed by atoms with Crippen LogP contribution < -0.4 is 10.2 Å². The molecule has 2 aromatic carbocycles. The van der Waals surface area contributed by atoms with Gasteiger partial charge in [-0.2, -0.15) is 0 Å². The summed E-state index contributed by atoms with van der Waals surface area (Å²) in [7, 11) is -3.44. The van der Waals surface area contributed by atoms with Gasteiger partial charge in [0.1, 0.15) is 0 Å². The van der Waals surface area contributed by atoms with Crippen molar-refractivity contribution in [3.8, 4) is 0 Å². The Balaban J connectivity index is 1.58. The van der Waals surface area contributed by atoms with Crippen LogP contribution in [0.2, 0.25) is 5.02 Å². The number of fused-ring (bicyclic) bond motifs is 1. The Bertz CT molecular complexity index is 1190. The molecule has 10 heteroatoms. The van der Waals surface area contributed by atoms with Crippen molar-refractivity contribution in [1.82, 2.24) is 4.98 Å². The number of ether oxygens (including phenoxy) is 1. The van der Waals surface area contributed by atoms with Crippen molar-refractivity contribution in [2.75, 3.05) is 42.8 Å². The van der Waals surface area contributed by atoms with Crippen LogP contribution in [-0.4, -0.2) is 51.9 Å². The summed E-state index contributed by atoms with van der Waals surface area (Å²) in [5, 5.41) is 3.90. The smallest absolute Gasteiger partial charge is 0.257 e. The van der Waals surface area contributed by atoms with E-state index in [1.54, 1.807) is 17.4 Å². The predicted molar refractivity (Wildman–Crippen MR) is 115 cm³/mol. The summed E-state index contributed by atoms with van der Waals surface area (Å²) in [5.41, 5.74) is 1.54. The van der Waals surface area contributed by atoms with Crippen LogP contribution >= 0.6 is 22.9 Å². The van der Waals surface area contributed by atoms with Gasteiger partial charge in [0.15, 0.2) is 15.0 Å². The lowest BCUT2D eigenvalue weighted by molar-refractivity contribution is 0.102. The highest BCUT2D eigenvalue weighted by Gasteiger charge is 2.18. The third kappa shape index (κ3) is 4.37. The number of thiazole rings is 1. The lowest BCUT2D eigenvalue weighted by Gasteiger charge is -2.25. The fourth-order valence-corrected chi connectivity index (χ4v) is 4.89. The minimum Gasteiger partial charge on any atom is -0.378 e. The van der Waals surface area contributed by atoms with Crippen molar-refractivity contribution < 1.29 is 17.9 Å². The first-order valence-corrected chi connectivity index (χ1v) is 11.9. The van der Waals surface area contributed by atoms with E-state index in [1.165, 1.54) is 18.2 Å². The van der Waals surface area contributed by atoms with Gasteiger partial charge in [0.2, 0.25) is 0 Å². The van der Waals surface area contributed by atoms with Crippen molar-refractivity contribution >= 4 is 59.7 Å². The number of morpholine rings is 1. The fourth-order valence-electron chi connectivity index (χ4n) is 2.99. The molecule has 0 radical (unpaired) electrons. The van der Waals surface area contributed by atoms with E-state index >= 15 is 0 Å². The highest BCUT2D eigenvalue weighted by Crippen LogP contribution is 2.31. The number of anilines is 2. The van der Waals surface area contributed by atoms with Crippen LogP contribution in [-0.2, 0) is 14.6 Å². The summed E-state index contributed by atoms with van der Waals surface area (Å²) in [6, 6.07) is 9.54. The van der Waals surface area contributed by atoms with E-state index in [0.717, 1.165) is 34.7 Å². The quantitative estimate of drug-likeness (QED) is 0.653. The Labute approximate surface area is 177 Å². The SMILES string of the molecule is CS(=O)(=O)c1ccc(Cl)c(C(=O)Nc2ccc3nc(N4CCOCC4)sc3c2)c1. The second-order valence-electron chi connectivity index (χ2n) is 6.65. The van der Waals surface area contributed by atoms with Crippen molar-refractivity contribution in [3.63, 3.8) is 0 Å². The van der Waals surface area contributed by atoms with E-state index in [1.807, 2.05) is 12.1 Å². The molecule has 7 nitrogen and oxygen atoms in total. The molecule has 0 spiro atoms. The molecule has 2 heterocycles. The van der Waals surface area contributed by atoms with Crippen LogP contribution in [0.15, 0.2) is 41.3 Å². The maximum atomic E-state index is 12.7. The molecule has 0 atom stereocenters. The largest absolute Gasteiger partial charge is 0.378 e. The van der Waals surface area contributed by atoms with E-state index < -0.39 is 15.7 Å². The molecule has 29 heavy (non-hydrogen) atoms. The average Bonchev–Trinajstić information content (AvgIpc) is 3.11. The number of hydrogen-bond acceptors (Lipinski definition) is 7.